The van der Waals surface area contributed by atoms with Gasteiger partial charge in [-0.25, -0.2) is 19.2 Å². The van der Waals surface area contributed by atoms with E-state index in [1.165, 1.54) is 28.4 Å². The molecule has 1 aliphatic rings. The monoisotopic (exact) mass is 466 g/mol. The van der Waals surface area contributed by atoms with Crippen LogP contribution in [0.15, 0.2) is 22.3 Å². The lowest BCUT2D eigenvalue weighted by Crippen LogP contribution is -2.30. The summed E-state index contributed by atoms with van der Waals surface area (Å²) in [4.78, 5) is 51.6. The van der Waals surface area contributed by atoms with E-state index in [2.05, 4.69) is 6.92 Å². The Morgan fingerprint density at radius 2 is 0.970 bits per heavy atom. The van der Waals surface area contributed by atoms with Crippen LogP contribution in [0, 0.1) is 11.8 Å². The molecule has 2 atom stereocenters. The number of ether oxygens (including phenoxy) is 4. The Kier molecular flexibility index (Phi) is 12.5. The smallest absolute Gasteiger partial charge is 0.334 e. The highest BCUT2D eigenvalue weighted by molar-refractivity contribution is 6.04. The fraction of sp³-hybridized carbons (Fsp3) is 0.680. The number of hydrogen-bond donors (Lipinski definition) is 0. The highest BCUT2D eigenvalue weighted by Crippen LogP contribution is 2.40. The van der Waals surface area contributed by atoms with Gasteiger partial charge in [-0.15, -0.1) is 0 Å². The summed E-state index contributed by atoms with van der Waals surface area (Å²) in [7, 11) is 5.04. The van der Waals surface area contributed by atoms with Gasteiger partial charge in [-0.2, -0.15) is 0 Å². The molecular formula is C25H38O8. The number of methoxy groups -OCH3 is 4. The molecule has 0 aromatic carbocycles. The van der Waals surface area contributed by atoms with E-state index in [0.717, 1.165) is 32.1 Å². The highest BCUT2D eigenvalue weighted by atomic mass is 16.5. The van der Waals surface area contributed by atoms with Gasteiger partial charge in [0.05, 0.1) is 39.6 Å². The molecule has 8 heteroatoms. The van der Waals surface area contributed by atoms with Crippen LogP contribution in [-0.2, 0) is 38.1 Å². The summed E-state index contributed by atoms with van der Waals surface area (Å²) >= 11 is 0. The van der Waals surface area contributed by atoms with Crippen molar-refractivity contribution in [2.75, 3.05) is 28.4 Å². The van der Waals surface area contributed by atoms with Gasteiger partial charge in [-0.3, -0.25) is 0 Å². The van der Waals surface area contributed by atoms with Crippen LogP contribution in [-0.4, -0.2) is 52.3 Å². The standard InChI is InChI=1S/C25H38O8/c1-7-9-11-13-17-15-19(23(27)31-4)20(24(28)32-5)16(12-10-8-2)14-18(22(26)30-3)21(17)25(29)33-6/h16-17H,7-15H2,1-6H3/b20-19-,21-18-/t16-,17-/m1/s1. The first-order valence-corrected chi connectivity index (χ1v) is 11.6. The number of esters is 4. The van der Waals surface area contributed by atoms with E-state index >= 15 is 0 Å². The summed E-state index contributed by atoms with van der Waals surface area (Å²) in [6, 6.07) is 0. The number of rotatable bonds is 11. The molecular weight excluding hydrogens is 428 g/mol. The van der Waals surface area contributed by atoms with E-state index < -0.39 is 35.7 Å². The summed E-state index contributed by atoms with van der Waals surface area (Å²) in [5.41, 5.74) is 0.811. The quantitative estimate of drug-likeness (QED) is 0.255. The summed E-state index contributed by atoms with van der Waals surface area (Å²) in [5.74, 6) is -3.56. The largest absolute Gasteiger partial charge is 0.466 e. The van der Waals surface area contributed by atoms with Crippen LogP contribution < -0.4 is 0 Å². The normalized spacial score (nSPS) is 23.2. The van der Waals surface area contributed by atoms with Crippen LogP contribution in [0.4, 0.5) is 0 Å². The first-order valence-electron chi connectivity index (χ1n) is 11.6. The Morgan fingerprint density at radius 1 is 0.606 bits per heavy atom. The van der Waals surface area contributed by atoms with Gasteiger partial charge in [0.25, 0.3) is 0 Å². The van der Waals surface area contributed by atoms with Gasteiger partial charge in [-0.05, 0) is 37.5 Å². The average molecular weight is 467 g/mol. The number of unbranched alkanes of at least 4 members (excludes halogenated alkanes) is 3. The maximum absolute atomic E-state index is 12.9. The minimum atomic E-state index is -0.636. The maximum atomic E-state index is 12.9. The molecule has 0 heterocycles. The zero-order valence-electron chi connectivity index (χ0n) is 20.8. The summed E-state index contributed by atoms with van der Waals surface area (Å²) < 4.78 is 20.2. The predicted molar refractivity (Wildman–Crippen MR) is 122 cm³/mol. The molecule has 0 saturated carbocycles. The van der Waals surface area contributed by atoms with Crippen LogP contribution in [0.25, 0.3) is 0 Å². The van der Waals surface area contributed by atoms with Crippen molar-refractivity contribution in [2.24, 2.45) is 11.8 Å². The Bertz CT molecular complexity index is 777. The molecule has 0 radical (unpaired) electrons. The second kappa shape index (κ2) is 14.5. The second-order valence-corrected chi connectivity index (χ2v) is 8.19. The molecule has 0 N–H and O–H groups in total. The molecule has 33 heavy (non-hydrogen) atoms. The van der Waals surface area contributed by atoms with Crippen LogP contribution in [0.1, 0.15) is 71.6 Å². The molecule has 0 amide bonds. The summed E-state index contributed by atoms with van der Waals surface area (Å²) in [6.45, 7) is 4.06. The minimum absolute atomic E-state index is 0.0618. The fourth-order valence-corrected chi connectivity index (χ4v) is 4.43. The molecule has 0 fully saturated rings. The molecule has 8 nitrogen and oxygen atoms in total. The van der Waals surface area contributed by atoms with Crippen molar-refractivity contribution in [3.8, 4) is 0 Å². The Morgan fingerprint density at radius 3 is 1.30 bits per heavy atom. The second-order valence-electron chi connectivity index (χ2n) is 8.19. The fourth-order valence-electron chi connectivity index (χ4n) is 4.43. The van der Waals surface area contributed by atoms with Crippen molar-refractivity contribution in [1.82, 2.24) is 0 Å². The zero-order chi connectivity index (χ0) is 25.0. The molecule has 0 saturated heterocycles. The van der Waals surface area contributed by atoms with Crippen molar-refractivity contribution >= 4 is 23.9 Å². The zero-order valence-corrected chi connectivity index (χ0v) is 20.8. The van der Waals surface area contributed by atoms with Gasteiger partial charge < -0.3 is 18.9 Å². The number of hydrogen-bond acceptors (Lipinski definition) is 8. The van der Waals surface area contributed by atoms with Crippen molar-refractivity contribution in [3.05, 3.63) is 22.3 Å². The minimum Gasteiger partial charge on any atom is -0.466 e. The van der Waals surface area contributed by atoms with Gasteiger partial charge in [0, 0.05) is 11.1 Å². The van der Waals surface area contributed by atoms with Crippen LogP contribution in [0.2, 0.25) is 0 Å². The van der Waals surface area contributed by atoms with Gasteiger partial charge in [-0.1, -0.05) is 46.0 Å². The van der Waals surface area contributed by atoms with Crippen LogP contribution in [0.3, 0.4) is 0 Å². The molecule has 0 unspecified atom stereocenters. The van der Waals surface area contributed by atoms with Crippen molar-refractivity contribution in [1.29, 1.82) is 0 Å². The average Bonchev–Trinajstić information content (AvgIpc) is 2.82. The lowest BCUT2D eigenvalue weighted by molar-refractivity contribution is -0.141. The summed E-state index contributed by atoms with van der Waals surface area (Å²) in [6.07, 6.45) is 5.43. The predicted octanol–water partition coefficient (Wildman–Crippen LogP) is 4.07. The molecule has 0 spiro atoms. The molecule has 1 rings (SSSR count). The Balaban J connectivity index is 3.86. The molecule has 0 bridgehead atoms. The van der Waals surface area contributed by atoms with E-state index in [0.29, 0.717) is 12.8 Å². The van der Waals surface area contributed by atoms with Crippen molar-refractivity contribution in [3.63, 3.8) is 0 Å². The van der Waals surface area contributed by atoms with Gasteiger partial charge >= 0.3 is 23.9 Å². The maximum Gasteiger partial charge on any atom is 0.334 e. The molecule has 0 aromatic rings. The number of carbonyl (C=O) groups excluding carboxylic acids is 4. The van der Waals surface area contributed by atoms with E-state index in [-0.39, 0.29) is 35.1 Å². The van der Waals surface area contributed by atoms with Crippen molar-refractivity contribution in [2.45, 2.75) is 71.6 Å². The highest BCUT2D eigenvalue weighted by Gasteiger charge is 2.39. The van der Waals surface area contributed by atoms with E-state index in [4.69, 9.17) is 18.9 Å². The molecule has 186 valence electrons. The van der Waals surface area contributed by atoms with Crippen LogP contribution in [0.5, 0.6) is 0 Å². The van der Waals surface area contributed by atoms with Gasteiger partial charge in [0.15, 0.2) is 0 Å². The van der Waals surface area contributed by atoms with Gasteiger partial charge in [0.1, 0.15) is 0 Å². The lowest BCUT2D eigenvalue weighted by Gasteiger charge is -2.30. The Labute approximate surface area is 196 Å². The SMILES string of the molecule is CCCCC[C@@H]1C/C(C(=O)OC)=C(/C(=O)OC)[C@H](CCCC)C/C(C(=O)OC)=C\1C(=O)OC. The molecule has 0 aliphatic heterocycles. The summed E-state index contributed by atoms with van der Waals surface area (Å²) in [5, 5.41) is 0. The first kappa shape index (κ1) is 28.4. The van der Waals surface area contributed by atoms with Crippen LogP contribution >= 0.6 is 0 Å². The third-order valence-corrected chi connectivity index (χ3v) is 6.10. The molecule has 0 aromatic heterocycles. The van der Waals surface area contributed by atoms with Crippen molar-refractivity contribution < 1.29 is 38.1 Å². The number of carbonyl (C=O) groups is 4. The van der Waals surface area contributed by atoms with E-state index in [1.807, 2.05) is 6.92 Å². The molecule has 1 aliphatic carbocycles. The van der Waals surface area contributed by atoms with Gasteiger partial charge in [0.2, 0.25) is 0 Å². The first-order chi connectivity index (χ1) is 15.8. The third-order valence-electron chi connectivity index (χ3n) is 6.10. The Hall–Kier alpha value is -2.64. The van der Waals surface area contributed by atoms with E-state index in [1.54, 1.807) is 0 Å². The third kappa shape index (κ3) is 7.44. The lowest BCUT2D eigenvalue weighted by atomic mass is 9.74. The van der Waals surface area contributed by atoms with E-state index in [9.17, 15) is 19.2 Å². The topological polar surface area (TPSA) is 105 Å².